The van der Waals surface area contributed by atoms with Gasteiger partial charge in [-0.25, -0.2) is 4.79 Å². The summed E-state index contributed by atoms with van der Waals surface area (Å²) in [6, 6.07) is 4.32. The molecule has 0 saturated carbocycles. The topological polar surface area (TPSA) is 67.3 Å². The molecule has 126 valence electrons. The Balaban J connectivity index is 1.62. The van der Waals surface area contributed by atoms with Crippen molar-refractivity contribution < 1.29 is 9.53 Å². The van der Waals surface area contributed by atoms with Gasteiger partial charge >= 0.3 is 6.09 Å². The molecule has 0 aromatic carbocycles. The van der Waals surface area contributed by atoms with Crippen LogP contribution in [0.4, 0.5) is 10.6 Å². The van der Waals surface area contributed by atoms with E-state index in [2.05, 4.69) is 15.5 Å². The van der Waals surface area contributed by atoms with Crippen LogP contribution < -0.4 is 5.32 Å². The fraction of sp³-hybridized carbons (Fsp3) is 0.688. The van der Waals surface area contributed by atoms with Crippen molar-refractivity contribution in [3.05, 3.63) is 17.3 Å². The summed E-state index contributed by atoms with van der Waals surface area (Å²) in [6.45, 7) is 5.71. The van der Waals surface area contributed by atoms with Crippen molar-refractivity contribution in [2.75, 3.05) is 5.32 Å². The van der Waals surface area contributed by atoms with E-state index < -0.39 is 5.60 Å². The second kappa shape index (κ2) is 6.15. The van der Waals surface area contributed by atoms with Gasteiger partial charge in [-0.2, -0.15) is 0 Å². The molecule has 1 aromatic rings. The SMILES string of the molecule is CC(C)(C)OC(=O)N1[C@@H]2CC[C@H]1CC(Nc1ccc(Cl)nn1)C2. The molecule has 0 spiro atoms. The normalized spacial score (nSPS) is 27.0. The highest BCUT2D eigenvalue weighted by Crippen LogP contribution is 2.37. The van der Waals surface area contributed by atoms with E-state index in [-0.39, 0.29) is 18.2 Å². The number of piperidine rings is 1. The maximum Gasteiger partial charge on any atom is 0.410 e. The number of carbonyl (C=O) groups excluding carboxylic acids is 1. The summed E-state index contributed by atoms with van der Waals surface area (Å²) >= 11 is 5.76. The molecule has 3 rings (SSSR count). The Labute approximate surface area is 141 Å². The fourth-order valence-corrected chi connectivity index (χ4v) is 3.61. The second-order valence-corrected chi connectivity index (χ2v) is 7.71. The van der Waals surface area contributed by atoms with Crippen LogP contribution in [-0.2, 0) is 4.74 Å². The summed E-state index contributed by atoms with van der Waals surface area (Å²) in [5, 5.41) is 11.7. The van der Waals surface area contributed by atoms with Crippen molar-refractivity contribution in [3.8, 4) is 0 Å². The first-order valence-corrected chi connectivity index (χ1v) is 8.47. The zero-order chi connectivity index (χ0) is 16.6. The number of hydrogen-bond acceptors (Lipinski definition) is 5. The quantitative estimate of drug-likeness (QED) is 0.894. The van der Waals surface area contributed by atoms with Crippen LogP contribution in [0.25, 0.3) is 0 Å². The average Bonchev–Trinajstić information content (AvgIpc) is 2.72. The summed E-state index contributed by atoms with van der Waals surface area (Å²) < 4.78 is 5.55. The number of fused-ring (bicyclic) bond motifs is 2. The molecule has 1 amide bonds. The molecule has 23 heavy (non-hydrogen) atoms. The van der Waals surface area contributed by atoms with Crippen molar-refractivity contribution in [2.45, 2.75) is 70.2 Å². The van der Waals surface area contributed by atoms with Crippen molar-refractivity contribution in [1.29, 1.82) is 0 Å². The summed E-state index contributed by atoms with van der Waals surface area (Å²) in [5.41, 5.74) is -0.454. The first-order valence-electron chi connectivity index (χ1n) is 8.09. The van der Waals surface area contributed by atoms with E-state index in [0.29, 0.717) is 11.2 Å². The summed E-state index contributed by atoms with van der Waals surface area (Å²) in [7, 11) is 0. The van der Waals surface area contributed by atoms with E-state index in [1.807, 2.05) is 31.7 Å². The smallest absolute Gasteiger partial charge is 0.410 e. The Kier molecular flexibility index (Phi) is 4.36. The number of anilines is 1. The minimum atomic E-state index is -0.454. The van der Waals surface area contributed by atoms with Gasteiger partial charge in [0, 0.05) is 18.1 Å². The molecule has 7 heteroatoms. The molecule has 1 aromatic heterocycles. The molecule has 3 atom stereocenters. The Morgan fingerprint density at radius 1 is 1.26 bits per heavy atom. The first kappa shape index (κ1) is 16.3. The Morgan fingerprint density at radius 2 is 1.91 bits per heavy atom. The van der Waals surface area contributed by atoms with Crippen LogP contribution in [0.15, 0.2) is 12.1 Å². The van der Waals surface area contributed by atoms with Crippen LogP contribution in [0.5, 0.6) is 0 Å². The van der Waals surface area contributed by atoms with Gasteiger partial charge < -0.3 is 15.0 Å². The van der Waals surface area contributed by atoms with Crippen LogP contribution in [0.3, 0.4) is 0 Å². The summed E-state index contributed by atoms with van der Waals surface area (Å²) in [5.74, 6) is 0.726. The fourth-order valence-electron chi connectivity index (χ4n) is 3.51. The van der Waals surface area contributed by atoms with E-state index in [4.69, 9.17) is 16.3 Å². The number of amides is 1. The van der Waals surface area contributed by atoms with Gasteiger partial charge in [-0.3, -0.25) is 0 Å². The lowest BCUT2D eigenvalue weighted by Crippen LogP contribution is -2.51. The molecule has 3 heterocycles. The van der Waals surface area contributed by atoms with E-state index in [0.717, 1.165) is 31.5 Å². The molecule has 1 unspecified atom stereocenters. The van der Waals surface area contributed by atoms with Crippen LogP contribution in [0.1, 0.15) is 46.5 Å². The van der Waals surface area contributed by atoms with Gasteiger partial charge in [0.25, 0.3) is 0 Å². The average molecular weight is 339 g/mol. The molecular formula is C16H23ClN4O2. The molecule has 2 fully saturated rings. The zero-order valence-corrected chi connectivity index (χ0v) is 14.5. The van der Waals surface area contributed by atoms with Gasteiger partial charge in [-0.15, -0.1) is 10.2 Å². The van der Waals surface area contributed by atoms with Gasteiger partial charge in [0.1, 0.15) is 11.4 Å². The molecule has 2 aliphatic heterocycles. The maximum atomic E-state index is 12.4. The third kappa shape index (κ3) is 3.86. The molecule has 6 nitrogen and oxygen atoms in total. The third-order valence-corrected chi connectivity index (χ3v) is 4.52. The van der Waals surface area contributed by atoms with Gasteiger partial charge in [-0.05, 0) is 58.6 Å². The number of rotatable bonds is 2. The monoisotopic (exact) mass is 338 g/mol. The molecule has 1 N–H and O–H groups in total. The van der Waals surface area contributed by atoms with Crippen LogP contribution in [0, 0.1) is 0 Å². The Hall–Kier alpha value is -1.56. The van der Waals surface area contributed by atoms with E-state index >= 15 is 0 Å². The van der Waals surface area contributed by atoms with Crippen LogP contribution in [-0.4, -0.2) is 44.9 Å². The number of carbonyl (C=O) groups is 1. The first-order chi connectivity index (χ1) is 10.8. The number of hydrogen-bond donors (Lipinski definition) is 1. The molecule has 2 bridgehead atoms. The van der Waals surface area contributed by atoms with Crippen molar-refractivity contribution >= 4 is 23.5 Å². The molecule has 0 radical (unpaired) electrons. The lowest BCUT2D eigenvalue weighted by atomic mass is 9.98. The maximum absolute atomic E-state index is 12.4. The number of ether oxygens (including phenoxy) is 1. The van der Waals surface area contributed by atoms with Crippen LogP contribution >= 0.6 is 11.6 Å². The van der Waals surface area contributed by atoms with Crippen LogP contribution in [0.2, 0.25) is 5.15 Å². The van der Waals surface area contributed by atoms with Crippen molar-refractivity contribution in [2.24, 2.45) is 0 Å². The molecule has 2 saturated heterocycles. The summed E-state index contributed by atoms with van der Waals surface area (Å²) in [6.07, 6.45) is 3.69. The van der Waals surface area contributed by atoms with Crippen molar-refractivity contribution in [3.63, 3.8) is 0 Å². The number of nitrogens with zero attached hydrogens (tertiary/aromatic N) is 3. The number of nitrogens with one attached hydrogen (secondary N) is 1. The van der Waals surface area contributed by atoms with E-state index in [1.54, 1.807) is 6.07 Å². The van der Waals surface area contributed by atoms with E-state index in [1.165, 1.54) is 0 Å². The van der Waals surface area contributed by atoms with Gasteiger partial charge in [0.15, 0.2) is 5.15 Å². The van der Waals surface area contributed by atoms with E-state index in [9.17, 15) is 4.79 Å². The molecule has 0 aliphatic carbocycles. The lowest BCUT2D eigenvalue weighted by Gasteiger charge is -2.39. The third-order valence-electron chi connectivity index (χ3n) is 4.32. The predicted molar refractivity (Wildman–Crippen MR) is 88.6 cm³/mol. The van der Waals surface area contributed by atoms with Gasteiger partial charge in [0.05, 0.1) is 0 Å². The highest BCUT2D eigenvalue weighted by molar-refractivity contribution is 6.29. The Bertz CT molecular complexity index is 558. The Morgan fingerprint density at radius 3 is 2.43 bits per heavy atom. The minimum Gasteiger partial charge on any atom is -0.444 e. The predicted octanol–water partition coefficient (Wildman–Crippen LogP) is 3.47. The standard InChI is InChI=1S/C16H23ClN4O2/c1-16(2,3)23-15(22)21-11-4-5-12(21)9-10(8-11)18-14-7-6-13(17)19-20-14/h6-7,10-12H,4-5,8-9H2,1-3H3,(H,18,20)/t10?,11-,12+. The highest BCUT2D eigenvalue weighted by Gasteiger charge is 2.44. The highest BCUT2D eigenvalue weighted by atomic mass is 35.5. The number of halogens is 1. The van der Waals surface area contributed by atoms with Gasteiger partial charge in [0.2, 0.25) is 0 Å². The largest absolute Gasteiger partial charge is 0.444 e. The van der Waals surface area contributed by atoms with Crippen molar-refractivity contribution in [1.82, 2.24) is 15.1 Å². The van der Waals surface area contributed by atoms with Gasteiger partial charge in [-0.1, -0.05) is 11.6 Å². The lowest BCUT2D eigenvalue weighted by molar-refractivity contribution is 0.00682. The molecule has 2 aliphatic rings. The molecular weight excluding hydrogens is 316 g/mol. The number of aromatic nitrogens is 2. The second-order valence-electron chi connectivity index (χ2n) is 7.33. The summed E-state index contributed by atoms with van der Waals surface area (Å²) in [4.78, 5) is 14.4. The zero-order valence-electron chi connectivity index (χ0n) is 13.8. The minimum absolute atomic E-state index is 0.185.